The molecule has 0 spiro atoms. The SMILES string of the molecule is O=C(CCCCCC(=O)N(CC(=O)Nc1ccc(N2CCOCC2)cc1)CC(=O)Nc1ccc(N2CCOCC2)cc1)NO. The van der Waals surface area contributed by atoms with Crippen molar-refractivity contribution in [1.82, 2.24) is 10.4 Å². The molecule has 0 atom stereocenters. The third-order valence-corrected chi connectivity index (χ3v) is 7.50. The molecule has 13 nitrogen and oxygen atoms in total. The molecule has 2 aliphatic heterocycles. The molecular formula is C31H42N6O7. The molecule has 2 fully saturated rings. The summed E-state index contributed by atoms with van der Waals surface area (Å²) in [4.78, 5) is 56.0. The fourth-order valence-electron chi connectivity index (χ4n) is 5.09. The molecule has 238 valence electrons. The van der Waals surface area contributed by atoms with Gasteiger partial charge in [-0.25, -0.2) is 5.48 Å². The zero-order valence-corrected chi connectivity index (χ0v) is 25.0. The number of rotatable bonds is 14. The van der Waals surface area contributed by atoms with Crippen molar-refractivity contribution in [1.29, 1.82) is 0 Å². The molecule has 0 bridgehead atoms. The van der Waals surface area contributed by atoms with Crippen molar-refractivity contribution in [2.75, 3.05) is 86.1 Å². The number of hydrogen-bond acceptors (Lipinski definition) is 9. The number of benzene rings is 2. The van der Waals surface area contributed by atoms with Crippen LogP contribution in [0.4, 0.5) is 22.7 Å². The molecule has 0 radical (unpaired) electrons. The fraction of sp³-hybridized carbons (Fsp3) is 0.484. The van der Waals surface area contributed by atoms with Crippen LogP contribution in [0.3, 0.4) is 0 Å². The van der Waals surface area contributed by atoms with Crippen LogP contribution in [0, 0.1) is 0 Å². The minimum atomic E-state index is -0.484. The number of morpholine rings is 2. The van der Waals surface area contributed by atoms with Crippen molar-refractivity contribution in [2.45, 2.75) is 32.1 Å². The number of unbranched alkanes of at least 4 members (excludes halogenated alkanes) is 2. The summed E-state index contributed by atoms with van der Waals surface area (Å²) in [7, 11) is 0. The first-order valence-electron chi connectivity index (χ1n) is 15.1. The van der Waals surface area contributed by atoms with Crippen molar-refractivity contribution < 1.29 is 33.9 Å². The third-order valence-electron chi connectivity index (χ3n) is 7.50. The first kappa shape index (κ1) is 32.7. The Morgan fingerprint density at radius 1 is 0.636 bits per heavy atom. The van der Waals surface area contributed by atoms with Gasteiger partial charge in [0.25, 0.3) is 0 Å². The van der Waals surface area contributed by atoms with Crippen LogP contribution in [-0.4, -0.2) is 99.4 Å². The minimum absolute atomic E-state index is 0.115. The van der Waals surface area contributed by atoms with E-state index in [1.54, 1.807) is 5.48 Å². The minimum Gasteiger partial charge on any atom is -0.378 e. The van der Waals surface area contributed by atoms with E-state index >= 15 is 0 Å². The number of nitrogens with zero attached hydrogens (tertiary/aromatic N) is 3. The lowest BCUT2D eigenvalue weighted by Crippen LogP contribution is -2.42. The molecule has 4 rings (SSSR count). The number of hydrogen-bond donors (Lipinski definition) is 4. The average Bonchev–Trinajstić information content (AvgIpc) is 3.05. The van der Waals surface area contributed by atoms with Gasteiger partial charge in [0.2, 0.25) is 23.6 Å². The smallest absolute Gasteiger partial charge is 0.244 e. The van der Waals surface area contributed by atoms with Crippen LogP contribution in [0.25, 0.3) is 0 Å². The summed E-state index contributed by atoms with van der Waals surface area (Å²) in [5, 5.41) is 14.3. The lowest BCUT2D eigenvalue weighted by atomic mass is 10.1. The van der Waals surface area contributed by atoms with Crippen molar-refractivity contribution in [2.24, 2.45) is 0 Å². The number of anilines is 4. The standard InChI is InChI=1S/C31H42N6O7/c38-28(34-42)4-2-1-3-5-31(41)37(22-29(39)32-24-6-10-26(11-7-24)35-14-18-43-19-15-35)23-30(40)33-25-8-12-27(13-9-25)36-16-20-44-21-17-36/h6-13,42H,1-5,14-23H2,(H,32,39)(H,33,40)(H,34,38). The second-order valence-electron chi connectivity index (χ2n) is 10.7. The maximum absolute atomic E-state index is 13.1. The predicted molar refractivity (Wildman–Crippen MR) is 166 cm³/mol. The summed E-state index contributed by atoms with van der Waals surface area (Å²) in [6, 6.07) is 15.0. The zero-order valence-electron chi connectivity index (χ0n) is 25.0. The Balaban J connectivity index is 1.32. The maximum Gasteiger partial charge on any atom is 0.244 e. The Morgan fingerprint density at radius 3 is 1.50 bits per heavy atom. The third kappa shape index (κ3) is 10.5. The van der Waals surface area contributed by atoms with Gasteiger partial charge in [-0.15, -0.1) is 0 Å². The van der Waals surface area contributed by atoms with Crippen molar-refractivity contribution in [3.63, 3.8) is 0 Å². The molecule has 2 saturated heterocycles. The van der Waals surface area contributed by atoms with E-state index in [2.05, 4.69) is 20.4 Å². The molecule has 0 unspecified atom stereocenters. The molecule has 2 heterocycles. The quantitative estimate of drug-likeness (QED) is 0.143. The Bertz CT molecular complexity index is 1150. The van der Waals surface area contributed by atoms with Gasteiger partial charge >= 0.3 is 0 Å². The van der Waals surface area contributed by atoms with Gasteiger partial charge in [0, 0.05) is 61.8 Å². The summed E-state index contributed by atoms with van der Waals surface area (Å²) in [5.74, 6) is -1.66. The van der Waals surface area contributed by atoms with Gasteiger partial charge < -0.3 is 34.8 Å². The Hall–Kier alpha value is -4.20. The average molecular weight is 611 g/mol. The van der Waals surface area contributed by atoms with Crippen LogP contribution in [0.15, 0.2) is 48.5 Å². The van der Waals surface area contributed by atoms with E-state index in [-0.39, 0.29) is 31.8 Å². The van der Waals surface area contributed by atoms with E-state index in [4.69, 9.17) is 14.7 Å². The van der Waals surface area contributed by atoms with Gasteiger partial charge in [0.15, 0.2) is 0 Å². The van der Waals surface area contributed by atoms with Gasteiger partial charge in [0.05, 0.1) is 26.4 Å². The summed E-state index contributed by atoms with van der Waals surface area (Å²) < 4.78 is 10.8. The van der Waals surface area contributed by atoms with E-state index in [0.717, 1.165) is 37.6 Å². The van der Waals surface area contributed by atoms with Crippen LogP contribution in [0.1, 0.15) is 32.1 Å². The van der Waals surface area contributed by atoms with Crippen LogP contribution in [0.5, 0.6) is 0 Å². The highest BCUT2D eigenvalue weighted by Crippen LogP contribution is 2.20. The highest BCUT2D eigenvalue weighted by Gasteiger charge is 2.21. The highest BCUT2D eigenvalue weighted by molar-refractivity contribution is 5.98. The molecular weight excluding hydrogens is 568 g/mol. The Kier molecular flexibility index (Phi) is 12.8. The summed E-state index contributed by atoms with van der Waals surface area (Å²) in [6.45, 7) is 5.33. The van der Waals surface area contributed by atoms with E-state index in [1.807, 2.05) is 48.5 Å². The van der Waals surface area contributed by atoms with Gasteiger partial charge in [-0.1, -0.05) is 6.42 Å². The molecule has 44 heavy (non-hydrogen) atoms. The number of nitrogens with one attached hydrogen (secondary N) is 3. The fourth-order valence-corrected chi connectivity index (χ4v) is 5.09. The zero-order chi connectivity index (χ0) is 31.1. The first-order valence-corrected chi connectivity index (χ1v) is 15.1. The lowest BCUT2D eigenvalue weighted by molar-refractivity contribution is -0.137. The van der Waals surface area contributed by atoms with Crippen LogP contribution < -0.4 is 25.9 Å². The highest BCUT2D eigenvalue weighted by atomic mass is 16.5. The van der Waals surface area contributed by atoms with Crippen molar-refractivity contribution >= 4 is 46.4 Å². The normalized spacial score (nSPS) is 14.9. The van der Waals surface area contributed by atoms with Gasteiger partial charge in [0.1, 0.15) is 13.1 Å². The van der Waals surface area contributed by atoms with E-state index in [1.165, 1.54) is 4.90 Å². The van der Waals surface area contributed by atoms with Gasteiger partial charge in [-0.3, -0.25) is 24.4 Å². The second kappa shape index (κ2) is 17.2. The van der Waals surface area contributed by atoms with Crippen LogP contribution in [-0.2, 0) is 28.7 Å². The molecule has 4 N–H and O–H groups in total. The van der Waals surface area contributed by atoms with Crippen molar-refractivity contribution in [3.8, 4) is 0 Å². The van der Waals surface area contributed by atoms with E-state index < -0.39 is 17.7 Å². The molecule has 0 aromatic heterocycles. The van der Waals surface area contributed by atoms with Crippen molar-refractivity contribution in [3.05, 3.63) is 48.5 Å². The van der Waals surface area contributed by atoms with Crippen LogP contribution in [0.2, 0.25) is 0 Å². The molecule has 4 amide bonds. The maximum atomic E-state index is 13.1. The molecule has 13 heteroatoms. The summed E-state index contributed by atoms with van der Waals surface area (Å²) >= 11 is 0. The molecule has 2 aromatic rings. The Labute approximate surface area is 257 Å². The van der Waals surface area contributed by atoms with E-state index in [9.17, 15) is 19.2 Å². The van der Waals surface area contributed by atoms with Crippen LogP contribution >= 0.6 is 0 Å². The lowest BCUT2D eigenvalue weighted by Gasteiger charge is -2.29. The number of ether oxygens (including phenoxy) is 2. The molecule has 2 aliphatic rings. The number of carbonyl (C=O) groups excluding carboxylic acids is 4. The predicted octanol–water partition coefficient (Wildman–Crippen LogP) is 2.22. The molecule has 0 aliphatic carbocycles. The molecule has 2 aromatic carbocycles. The Morgan fingerprint density at radius 2 is 1.07 bits per heavy atom. The first-order chi connectivity index (χ1) is 21.4. The monoisotopic (exact) mass is 610 g/mol. The van der Waals surface area contributed by atoms with E-state index in [0.29, 0.717) is 57.1 Å². The number of amides is 4. The van der Waals surface area contributed by atoms with Gasteiger partial charge in [-0.2, -0.15) is 0 Å². The molecule has 0 saturated carbocycles. The summed E-state index contributed by atoms with van der Waals surface area (Å²) in [5.41, 5.74) is 4.84. The van der Waals surface area contributed by atoms with Gasteiger partial charge in [-0.05, 0) is 61.4 Å². The number of hydroxylamine groups is 1. The second-order valence-corrected chi connectivity index (χ2v) is 10.7. The topological polar surface area (TPSA) is 153 Å². The summed E-state index contributed by atoms with van der Waals surface area (Å²) in [6.07, 6.45) is 1.82. The number of carbonyl (C=O) groups is 4. The largest absolute Gasteiger partial charge is 0.378 e.